The molecule has 1 unspecified atom stereocenters. The summed E-state index contributed by atoms with van der Waals surface area (Å²) in [7, 11) is -4.73. The molecular formula is C29H57O8P. The Hall–Kier alpha value is -0.950. The zero-order valence-corrected chi connectivity index (χ0v) is 25.2. The Kier molecular flexibility index (Phi) is 25.6. The molecule has 1 atom stereocenters. The van der Waals surface area contributed by atoms with Crippen molar-refractivity contribution in [2.24, 2.45) is 0 Å². The van der Waals surface area contributed by atoms with Crippen molar-refractivity contribution in [2.45, 2.75) is 161 Å². The third kappa shape index (κ3) is 28.1. The second-order valence-electron chi connectivity index (χ2n) is 10.4. The van der Waals surface area contributed by atoms with E-state index < -0.39 is 32.5 Å². The van der Waals surface area contributed by atoms with Crippen molar-refractivity contribution >= 4 is 19.8 Å². The second-order valence-corrected chi connectivity index (χ2v) is 11.7. The summed E-state index contributed by atoms with van der Waals surface area (Å²) in [6.45, 7) is 3.62. The van der Waals surface area contributed by atoms with Crippen LogP contribution < -0.4 is 0 Å². The summed E-state index contributed by atoms with van der Waals surface area (Å²) in [5.41, 5.74) is 0. The molecule has 0 bridgehead atoms. The number of unbranched alkanes of at least 4 members (excludes halogenated alkanes) is 18. The van der Waals surface area contributed by atoms with Crippen LogP contribution in [0.5, 0.6) is 0 Å². The van der Waals surface area contributed by atoms with Gasteiger partial charge in [-0.15, -0.1) is 0 Å². The third-order valence-corrected chi connectivity index (χ3v) is 7.11. The smallest absolute Gasteiger partial charge is 0.462 e. The summed E-state index contributed by atoms with van der Waals surface area (Å²) >= 11 is 0. The van der Waals surface area contributed by atoms with E-state index in [4.69, 9.17) is 19.3 Å². The van der Waals surface area contributed by atoms with E-state index in [9.17, 15) is 14.2 Å². The summed E-state index contributed by atoms with van der Waals surface area (Å²) in [4.78, 5) is 42.2. The fraction of sp³-hybridized carbons (Fsp3) is 0.931. The molecule has 226 valence electrons. The van der Waals surface area contributed by atoms with Crippen molar-refractivity contribution < 1.29 is 37.9 Å². The van der Waals surface area contributed by atoms with Crippen LogP contribution in [0.15, 0.2) is 0 Å². The lowest BCUT2D eigenvalue weighted by Gasteiger charge is -2.18. The van der Waals surface area contributed by atoms with Gasteiger partial charge in [-0.25, -0.2) is 4.57 Å². The molecule has 8 nitrogen and oxygen atoms in total. The summed E-state index contributed by atoms with van der Waals surface area (Å²) in [6.07, 6.45) is 22.7. The molecule has 0 aromatic rings. The normalized spacial score (nSPS) is 12.4. The zero-order valence-electron chi connectivity index (χ0n) is 24.3. The maximum absolute atomic E-state index is 12.2. The Labute approximate surface area is 232 Å². The molecule has 0 aliphatic carbocycles. The van der Waals surface area contributed by atoms with E-state index in [0.717, 1.165) is 38.5 Å². The first-order valence-electron chi connectivity index (χ1n) is 15.3. The highest BCUT2D eigenvalue weighted by Crippen LogP contribution is 2.35. The molecule has 2 N–H and O–H groups in total. The molecule has 0 aromatic carbocycles. The van der Waals surface area contributed by atoms with Gasteiger partial charge in [0.2, 0.25) is 0 Å². The highest BCUT2D eigenvalue weighted by molar-refractivity contribution is 7.46. The molecule has 0 spiro atoms. The molecule has 0 radical (unpaired) electrons. The van der Waals surface area contributed by atoms with E-state index in [1.807, 2.05) is 0 Å². The molecule has 0 aliphatic heterocycles. The molecular weight excluding hydrogens is 507 g/mol. The standard InChI is InChI=1S/C29H57O8P/c1-3-5-7-9-11-13-14-15-16-18-20-22-24-29(31)37-27(26-36-38(32,33)34)25-35-28(30)23-21-19-17-12-10-8-6-4-2/h27H,3-26H2,1-2H3,(H2,32,33,34). The van der Waals surface area contributed by atoms with Crippen LogP contribution in [0.1, 0.15) is 155 Å². The van der Waals surface area contributed by atoms with Gasteiger partial charge < -0.3 is 19.3 Å². The quantitative estimate of drug-likeness (QED) is 0.0555. The van der Waals surface area contributed by atoms with Crippen LogP contribution in [0.4, 0.5) is 0 Å². The van der Waals surface area contributed by atoms with Crippen LogP contribution in [-0.2, 0) is 28.2 Å². The van der Waals surface area contributed by atoms with Gasteiger partial charge in [-0.2, -0.15) is 0 Å². The summed E-state index contributed by atoms with van der Waals surface area (Å²) in [5, 5.41) is 0. The fourth-order valence-electron chi connectivity index (χ4n) is 4.31. The van der Waals surface area contributed by atoms with E-state index in [2.05, 4.69) is 18.4 Å². The highest BCUT2D eigenvalue weighted by Gasteiger charge is 2.22. The van der Waals surface area contributed by atoms with Crippen LogP contribution >= 0.6 is 7.82 Å². The average molecular weight is 565 g/mol. The predicted octanol–water partition coefficient (Wildman–Crippen LogP) is 8.17. The van der Waals surface area contributed by atoms with Crippen molar-refractivity contribution in [3.63, 3.8) is 0 Å². The van der Waals surface area contributed by atoms with Gasteiger partial charge in [0.25, 0.3) is 0 Å². The van der Waals surface area contributed by atoms with Crippen molar-refractivity contribution in [2.75, 3.05) is 13.2 Å². The van der Waals surface area contributed by atoms with E-state index in [-0.39, 0.29) is 19.4 Å². The summed E-state index contributed by atoms with van der Waals surface area (Å²) < 4.78 is 26.1. The lowest BCUT2D eigenvalue weighted by molar-refractivity contribution is -0.161. The van der Waals surface area contributed by atoms with Crippen molar-refractivity contribution in [1.82, 2.24) is 0 Å². The maximum atomic E-state index is 12.2. The first-order chi connectivity index (χ1) is 18.3. The number of carbonyl (C=O) groups is 2. The first-order valence-corrected chi connectivity index (χ1v) is 16.9. The largest absolute Gasteiger partial charge is 0.469 e. The maximum Gasteiger partial charge on any atom is 0.469 e. The number of hydrogen-bond acceptors (Lipinski definition) is 6. The Morgan fingerprint density at radius 1 is 0.579 bits per heavy atom. The summed E-state index contributed by atoms with van der Waals surface area (Å²) in [6, 6.07) is 0. The average Bonchev–Trinajstić information content (AvgIpc) is 2.87. The van der Waals surface area contributed by atoms with E-state index >= 15 is 0 Å². The van der Waals surface area contributed by atoms with Gasteiger partial charge in [0.15, 0.2) is 6.10 Å². The molecule has 0 saturated carbocycles. The predicted molar refractivity (Wildman–Crippen MR) is 152 cm³/mol. The first kappa shape index (κ1) is 37.0. The molecule has 0 fully saturated rings. The van der Waals surface area contributed by atoms with Gasteiger partial charge in [-0.1, -0.05) is 129 Å². The summed E-state index contributed by atoms with van der Waals surface area (Å²) in [5.74, 6) is -0.885. The number of ether oxygens (including phenoxy) is 2. The Morgan fingerprint density at radius 3 is 1.34 bits per heavy atom. The minimum absolute atomic E-state index is 0.218. The zero-order chi connectivity index (χ0) is 28.3. The number of rotatable bonds is 28. The molecule has 38 heavy (non-hydrogen) atoms. The van der Waals surface area contributed by atoms with Crippen molar-refractivity contribution in [3.8, 4) is 0 Å². The lowest BCUT2D eigenvalue weighted by atomic mass is 10.0. The van der Waals surface area contributed by atoms with Gasteiger partial charge in [-0.3, -0.25) is 14.1 Å². The molecule has 0 aromatic heterocycles. The Bertz CT molecular complexity index is 607. The van der Waals surface area contributed by atoms with E-state index in [1.165, 1.54) is 83.5 Å². The van der Waals surface area contributed by atoms with Crippen LogP contribution in [-0.4, -0.2) is 41.0 Å². The van der Waals surface area contributed by atoms with Crippen LogP contribution in [0, 0.1) is 0 Å². The number of carbonyl (C=O) groups excluding carboxylic acids is 2. The highest BCUT2D eigenvalue weighted by atomic mass is 31.2. The Morgan fingerprint density at radius 2 is 0.947 bits per heavy atom. The van der Waals surface area contributed by atoms with Gasteiger partial charge in [-0.05, 0) is 12.8 Å². The van der Waals surface area contributed by atoms with Gasteiger partial charge >= 0.3 is 19.8 Å². The van der Waals surface area contributed by atoms with Crippen LogP contribution in [0.3, 0.4) is 0 Å². The number of hydrogen-bond donors (Lipinski definition) is 2. The molecule has 0 amide bonds. The van der Waals surface area contributed by atoms with Crippen molar-refractivity contribution in [3.05, 3.63) is 0 Å². The number of esters is 2. The SMILES string of the molecule is CCCCCCCCCCCCCCC(=O)OC(COC(=O)CCCCCCCCCC)COP(=O)(O)O. The molecule has 0 heterocycles. The van der Waals surface area contributed by atoms with Crippen molar-refractivity contribution in [1.29, 1.82) is 0 Å². The monoisotopic (exact) mass is 564 g/mol. The molecule has 9 heteroatoms. The lowest BCUT2D eigenvalue weighted by Crippen LogP contribution is -2.29. The van der Waals surface area contributed by atoms with E-state index in [1.54, 1.807) is 0 Å². The minimum atomic E-state index is -4.73. The van der Waals surface area contributed by atoms with Gasteiger partial charge in [0, 0.05) is 12.8 Å². The van der Waals surface area contributed by atoms with Gasteiger partial charge in [0.1, 0.15) is 6.61 Å². The van der Waals surface area contributed by atoms with Crippen LogP contribution in [0.25, 0.3) is 0 Å². The topological polar surface area (TPSA) is 119 Å². The molecule has 0 rings (SSSR count). The van der Waals surface area contributed by atoms with E-state index in [0.29, 0.717) is 6.42 Å². The number of phosphoric ester groups is 1. The van der Waals surface area contributed by atoms with Gasteiger partial charge in [0.05, 0.1) is 6.61 Å². The molecule has 0 saturated heterocycles. The number of phosphoric acid groups is 1. The fourth-order valence-corrected chi connectivity index (χ4v) is 4.67. The minimum Gasteiger partial charge on any atom is -0.462 e. The van der Waals surface area contributed by atoms with Crippen LogP contribution in [0.2, 0.25) is 0 Å². The Balaban J connectivity index is 4.03. The second kappa shape index (κ2) is 26.3. The molecule has 0 aliphatic rings. The third-order valence-electron chi connectivity index (χ3n) is 6.63.